The number of amides is 1. The number of benzene rings is 2. The molecule has 0 aliphatic heterocycles. The van der Waals surface area contributed by atoms with Crippen molar-refractivity contribution < 1.29 is 26.4 Å². The number of nitrogens with zero attached hydrogens (tertiary/aromatic N) is 3. The molecule has 12 heteroatoms. The van der Waals surface area contributed by atoms with Crippen molar-refractivity contribution in [3.8, 4) is 0 Å². The van der Waals surface area contributed by atoms with E-state index in [1.807, 2.05) is 0 Å². The largest absolute Gasteiger partial charge is 0.416 e. The molecule has 0 radical (unpaired) electrons. The van der Waals surface area contributed by atoms with Gasteiger partial charge in [-0.1, -0.05) is 12.1 Å². The minimum Gasteiger partial charge on any atom is -0.348 e. The molecule has 164 valence electrons. The second kappa shape index (κ2) is 8.76. The van der Waals surface area contributed by atoms with Crippen molar-refractivity contribution in [3.05, 3.63) is 71.4 Å². The quantitative estimate of drug-likeness (QED) is 0.572. The van der Waals surface area contributed by atoms with Crippen molar-refractivity contribution in [1.82, 2.24) is 20.3 Å². The number of nitrogens with one attached hydrogen (secondary N) is 2. The van der Waals surface area contributed by atoms with Gasteiger partial charge in [0.1, 0.15) is 0 Å². The normalized spacial score (nSPS) is 11.9. The molecule has 0 atom stereocenters. The van der Waals surface area contributed by atoms with Crippen molar-refractivity contribution in [3.63, 3.8) is 0 Å². The van der Waals surface area contributed by atoms with Crippen LogP contribution in [0.4, 0.5) is 19.0 Å². The van der Waals surface area contributed by atoms with Gasteiger partial charge >= 0.3 is 6.18 Å². The number of aromatic nitrogens is 3. The minimum atomic E-state index is -4.43. The molecule has 31 heavy (non-hydrogen) atoms. The van der Waals surface area contributed by atoms with Gasteiger partial charge in [0.05, 0.1) is 23.2 Å². The first kappa shape index (κ1) is 22.3. The fourth-order valence-corrected chi connectivity index (χ4v) is 3.56. The molecule has 1 aromatic heterocycles. The van der Waals surface area contributed by atoms with E-state index >= 15 is 0 Å². The zero-order chi connectivity index (χ0) is 22.6. The Bertz CT molecular complexity index is 1160. The Labute approximate surface area is 176 Å². The Morgan fingerprint density at radius 1 is 1.06 bits per heavy atom. The highest BCUT2D eigenvalue weighted by atomic mass is 32.2. The van der Waals surface area contributed by atoms with Crippen LogP contribution in [0.5, 0.6) is 0 Å². The third-order valence-electron chi connectivity index (χ3n) is 4.22. The molecule has 0 unspecified atom stereocenters. The van der Waals surface area contributed by atoms with Crippen LogP contribution in [0.1, 0.15) is 28.4 Å². The third kappa shape index (κ3) is 5.60. The van der Waals surface area contributed by atoms with Crippen molar-refractivity contribution in [2.45, 2.75) is 31.1 Å². The summed E-state index contributed by atoms with van der Waals surface area (Å²) in [5.74, 6) is -0.428. The summed E-state index contributed by atoms with van der Waals surface area (Å²) < 4.78 is 64.9. The molecule has 1 heterocycles. The van der Waals surface area contributed by atoms with Gasteiger partial charge in [-0.2, -0.15) is 23.1 Å². The number of hydrogen-bond acceptors (Lipinski definition) is 5. The van der Waals surface area contributed by atoms with Crippen LogP contribution in [-0.4, -0.2) is 29.3 Å². The van der Waals surface area contributed by atoms with Crippen LogP contribution in [0.25, 0.3) is 0 Å². The van der Waals surface area contributed by atoms with Crippen LogP contribution in [0, 0.1) is 0 Å². The van der Waals surface area contributed by atoms with Gasteiger partial charge in [0.15, 0.2) is 5.82 Å². The SMILES string of the molecule is CCn1ncc(NS(=O)(=O)c2ccc(C(=O)NCc3ccc(C(F)(F)F)cc3)cc2)n1. The summed E-state index contributed by atoms with van der Waals surface area (Å²) in [5, 5.41) is 10.4. The molecule has 0 aliphatic rings. The molecule has 0 saturated carbocycles. The number of alkyl halides is 3. The Kier molecular flexibility index (Phi) is 6.29. The Morgan fingerprint density at radius 2 is 1.71 bits per heavy atom. The van der Waals surface area contributed by atoms with E-state index in [0.29, 0.717) is 12.1 Å². The minimum absolute atomic E-state index is 0.0195. The first-order valence-electron chi connectivity index (χ1n) is 9.06. The molecule has 1 amide bonds. The molecule has 0 fully saturated rings. The highest BCUT2D eigenvalue weighted by molar-refractivity contribution is 7.92. The molecule has 2 N–H and O–H groups in total. The van der Waals surface area contributed by atoms with Crippen molar-refractivity contribution >= 4 is 21.7 Å². The highest BCUT2D eigenvalue weighted by Gasteiger charge is 2.29. The van der Waals surface area contributed by atoms with Crippen LogP contribution in [-0.2, 0) is 29.3 Å². The monoisotopic (exact) mass is 453 g/mol. The average molecular weight is 453 g/mol. The van der Waals surface area contributed by atoms with Crippen LogP contribution in [0.3, 0.4) is 0 Å². The zero-order valence-corrected chi connectivity index (χ0v) is 17.0. The maximum absolute atomic E-state index is 12.6. The first-order valence-corrected chi connectivity index (χ1v) is 10.5. The number of carbonyl (C=O) groups excluding carboxylic acids is 1. The lowest BCUT2D eigenvalue weighted by molar-refractivity contribution is -0.137. The molecular formula is C19H18F3N5O3S. The summed E-state index contributed by atoms with van der Waals surface area (Å²) in [4.78, 5) is 13.5. The second-order valence-electron chi connectivity index (χ2n) is 6.43. The van der Waals surface area contributed by atoms with Gasteiger partial charge in [0.25, 0.3) is 15.9 Å². The third-order valence-corrected chi connectivity index (χ3v) is 5.59. The molecular weight excluding hydrogens is 435 g/mol. The van der Waals surface area contributed by atoms with Crippen LogP contribution < -0.4 is 10.0 Å². The number of rotatable bonds is 7. The van der Waals surface area contributed by atoms with Gasteiger partial charge in [-0.25, -0.2) is 8.42 Å². The molecule has 3 aromatic rings. The number of aryl methyl sites for hydroxylation is 1. The van der Waals surface area contributed by atoms with Gasteiger partial charge in [0.2, 0.25) is 0 Å². The highest BCUT2D eigenvalue weighted by Crippen LogP contribution is 2.29. The van der Waals surface area contributed by atoms with E-state index in [4.69, 9.17) is 0 Å². The van der Waals surface area contributed by atoms with Gasteiger partial charge in [0, 0.05) is 12.1 Å². The maximum atomic E-state index is 12.6. The van der Waals surface area contributed by atoms with Crippen LogP contribution in [0.2, 0.25) is 0 Å². The first-order chi connectivity index (χ1) is 14.6. The standard InChI is InChI=1S/C19H18F3N5O3S/c1-2-27-24-12-17(25-27)26-31(29,30)16-9-5-14(6-10-16)18(28)23-11-13-3-7-15(8-4-13)19(20,21)22/h3-10,12H,2,11H2,1H3,(H,23,28)(H,25,26). The maximum Gasteiger partial charge on any atom is 0.416 e. The van der Waals surface area contributed by atoms with Crippen LogP contribution in [0.15, 0.2) is 59.6 Å². The summed E-state index contributed by atoms with van der Waals surface area (Å²) >= 11 is 0. The van der Waals surface area contributed by atoms with Gasteiger partial charge in [-0.05, 0) is 48.9 Å². The fraction of sp³-hybridized carbons (Fsp3) is 0.211. The lowest BCUT2D eigenvalue weighted by Gasteiger charge is -2.09. The summed E-state index contributed by atoms with van der Waals surface area (Å²) in [6.45, 7) is 2.31. The molecule has 0 bridgehead atoms. The number of anilines is 1. The molecule has 8 nitrogen and oxygen atoms in total. The average Bonchev–Trinajstić information content (AvgIpc) is 3.18. The number of sulfonamides is 1. The van der Waals surface area contributed by atoms with Crippen LogP contribution >= 0.6 is 0 Å². The molecule has 3 rings (SSSR count). The van der Waals surface area contributed by atoms with E-state index in [-0.39, 0.29) is 22.8 Å². The van der Waals surface area contributed by atoms with E-state index in [1.165, 1.54) is 47.4 Å². The molecule has 0 aliphatic carbocycles. The van der Waals surface area contributed by atoms with E-state index in [9.17, 15) is 26.4 Å². The number of halogens is 3. The van der Waals surface area contributed by atoms with E-state index in [0.717, 1.165) is 12.1 Å². The molecule has 0 saturated heterocycles. The second-order valence-corrected chi connectivity index (χ2v) is 8.11. The lowest BCUT2D eigenvalue weighted by atomic mass is 10.1. The zero-order valence-electron chi connectivity index (χ0n) is 16.2. The lowest BCUT2D eigenvalue weighted by Crippen LogP contribution is -2.23. The Balaban J connectivity index is 1.61. The van der Waals surface area contributed by atoms with Gasteiger partial charge < -0.3 is 5.32 Å². The Hall–Kier alpha value is -3.41. The topological polar surface area (TPSA) is 106 Å². The van der Waals surface area contributed by atoms with Gasteiger partial charge in [-0.3, -0.25) is 9.52 Å². The van der Waals surface area contributed by atoms with Gasteiger partial charge in [-0.15, -0.1) is 5.10 Å². The van der Waals surface area contributed by atoms with Crippen molar-refractivity contribution in [1.29, 1.82) is 0 Å². The fourth-order valence-electron chi connectivity index (χ4n) is 2.57. The molecule has 0 spiro atoms. The summed E-state index contributed by atoms with van der Waals surface area (Å²) in [6.07, 6.45) is -3.14. The van der Waals surface area contributed by atoms with E-state index in [2.05, 4.69) is 20.2 Å². The predicted octanol–water partition coefficient (Wildman–Crippen LogP) is 3.05. The summed E-state index contributed by atoms with van der Waals surface area (Å²) in [5.41, 5.74) is -0.0853. The predicted molar refractivity (Wildman–Crippen MR) is 106 cm³/mol. The summed E-state index contributed by atoms with van der Waals surface area (Å²) in [6, 6.07) is 9.62. The molecule has 2 aromatic carbocycles. The smallest absolute Gasteiger partial charge is 0.348 e. The summed E-state index contributed by atoms with van der Waals surface area (Å²) in [7, 11) is -3.91. The van der Waals surface area contributed by atoms with Crippen molar-refractivity contribution in [2.24, 2.45) is 0 Å². The van der Waals surface area contributed by atoms with Crippen molar-refractivity contribution in [2.75, 3.05) is 4.72 Å². The Morgan fingerprint density at radius 3 is 2.26 bits per heavy atom. The number of carbonyl (C=O) groups is 1. The van der Waals surface area contributed by atoms with E-state index in [1.54, 1.807) is 6.92 Å². The van der Waals surface area contributed by atoms with E-state index < -0.39 is 27.7 Å². The number of hydrogen-bond donors (Lipinski definition) is 2.